The van der Waals surface area contributed by atoms with E-state index in [9.17, 15) is 5.26 Å². The average Bonchev–Trinajstić information content (AvgIpc) is 3.12. The Kier molecular flexibility index (Phi) is 4.33. The van der Waals surface area contributed by atoms with E-state index in [4.69, 9.17) is 4.42 Å². The summed E-state index contributed by atoms with van der Waals surface area (Å²) in [5.74, 6) is 0.624. The normalized spacial score (nSPS) is 12.0. The number of nitriles is 1. The number of hydrogen-bond acceptors (Lipinski definition) is 3. The van der Waals surface area contributed by atoms with Crippen LogP contribution >= 0.6 is 0 Å². The smallest absolute Gasteiger partial charge is 0.155 e. The Hall–Kier alpha value is -2.83. The van der Waals surface area contributed by atoms with Gasteiger partial charge in [-0.2, -0.15) is 5.26 Å². The van der Waals surface area contributed by atoms with Crippen molar-refractivity contribution in [2.24, 2.45) is 0 Å². The Morgan fingerprint density at radius 3 is 1.86 bits per heavy atom. The lowest BCUT2D eigenvalue weighted by atomic mass is 9.97. The summed E-state index contributed by atoms with van der Waals surface area (Å²) in [4.78, 5) is 0. The molecule has 3 heteroatoms. The fourth-order valence-electron chi connectivity index (χ4n) is 2.48. The number of rotatable bonds is 5. The van der Waals surface area contributed by atoms with Gasteiger partial charge in [0.25, 0.3) is 0 Å². The molecule has 0 aliphatic carbocycles. The Morgan fingerprint density at radius 2 is 1.41 bits per heavy atom. The molecular weight excluding hydrogens is 272 g/mol. The maximum absolute atomic E-state index is 9.47. The van der Waals surface area contributed by atoms with E-state index in [-0.39, 0.29) is 6.04 Å². The molecule has 3 nitrogen and oxygen atoms in total. The summed E-state index contributed by atoms with van der Waals surface area (Å²) in [5.41, 5.74) is 2.22. The van der Waals surface area contributed by atoms with Crippen LogP contribution in [-0.2, 0) is 0 Å². The molecule has 0 bridgehead atoms. The minimum absolute atomic E-state index is 0.0721. The lowest BCUT2D eigenvalue weighted by molar-refractivity contribution is 0.439. The van der Waals surface area contributed by atoms with Gasteiger partial charge in [-0.1, -0.05) is 60.7 Å². The zero-order chi connectivity index (χ0) is 15.2. The molecule has 1 aromatic heterocycles. The van der Waals surface area contributed by atoms with Crippen LogP contribution in [-0.4, -0.2) is 0 Å². The number of nitrogens with zero attached hydrogens (tertiary/aromatic N) is 1. The molecule has 0 aliphatic rings. The van der Waals surface area contributed by atoms with Crippen LogP contribution in [0.15, 0.2) is 83.5 Å². The van der Waals surface area contributed by atoms with Gasteiger partial charge in [0.2, 0.25) is 0 Å². The first-order valence-corrected chi connectivity index (χ1v) is 7.17. The van der Waals surface area contributed by atoms with Gasteiger partial charge in [0.1, 0.15) is 5.76 Å². The molecule has 0 unspecified atom stereocenters. The SMILES string of the molecule is N#C[C@@H](NC(c1ccccc1)c1ccccc1)c1ccco1. The molecule has 0 saturated carbocycles. The maximum atomic E-state index is 9.47. The fourth-order valence-corrected chi connectivity index (χ4v) is 2.48. The molecule has 0 aliphatic heterocycles. The number of benzene rings is 2. The van der Waals surface area contributed by atoms with Crippen LogP contribution in [0.1, 0.15) is 29.0 Å². The summed E-state index contributed by atoms with van der Waals surface area (Å²) in [6.45, 7) is 0. The zero-order valence-electron chi connectivity index (χ0n) is 12.0. The first kappa shape index (κ1) is 14.1. The quantitative estimate of drug-likeness (QED) is 0.764. The monoisotopic (exact) mass is 288 g/mol. The van der Waals surface area contributed by atoms with Gasteiger partial charge in [-0.3, -0.25) is 5.32 Å². The first-order chi connectivity index (χ1) is 10.9. The molecule has 1 N–H and O–H groups in total. The van der Waals surface area contributed by atoms with Gasteiger partial charge in [0.05, 0.1) is 18.4 Å². The van der Waals surface area contributed by atoms with Gasteiger partial charge in [-0.05, 0) is 23.3 Å². The van der Waals surface area contributed by atoms with E-state index in [1.54, 1.807) is 12.3 Å². The van der Waals surface area contributed by atoms with Gasteiger partial charge < -0.3 is 4.42 Å². The van der Waals surface area contributed by atoms with Crippen LogP contribution < -0.4 is 5.32 Å². The van der Waals surface area contributed by atoms with Gasteiger partial charge in [-0.25, -0.2) is 0 Å². The van der Waals surface area contributed by atoms with E-state index in [1.807, 2.05) is 42.5 Å². The van der Waals surface area contributed by atoms with E-state index < -0.39 is 6.04 Å². The summed E-state index contributed by atoms with van der Waals surface area (Å²) in [6.07, 6.45) is 1.58. The topological polar surface area (TPSA) is 49.0 Å². The summed E-state index contributed by atoms with van der Waals surface area (Å²) in [5, 5.41) is 12.9. The minimum Gasteiger partial charge on any atom is -0.467 e. The van der Waals surface area contributed by atoms with Crippen LogP contribution in [0.4, 0.5) is 0 Å². The maximum Gasteiger partial charge on any atom is 0.155 e. The van der Waals surface area contributed by atoms with E-state index >= 15 is 0 Å². The van der Waals surface area contributed by atoms with Gasteiger partial charge in [-0.15, -0.1) is 0 Å². The summed E-state index contributed by atoms with van der Waals surface area (Å²) < 4.78 is 5.37. The number of nitrogens with one attached hydrogen (secondary N) is 1. The highest BCUT2D eigenvalue weighted by atomic mass is 16.3. The second-order valence-electron chi connectivity index (χ2n) is 5.00. The molecule has 108 valence electrons. The predicted molar refractivity (Wildman–Crippen MR) is 84.9 cm³/mol. The van der Waals surface area contributed by atoms with Crippen molar-refractivity contribution >= 4 is 0 Å². The van der Waals surface area contributed by atoms with E-state index in [2.05, 4.69) is 35.7 Å². The highest BCUT2D eigenvalue weighted by molar-refractivity contribution is 5.32. The van der Waals surface area contributed by atoms with E-state index in [1.165, 1.54) is 0 Å². The van der Waals surface area contributed by atoms with Crippen molar-refractivity contribution in [2.45, 2.75) is 12.1 Å². The lowest BCUT2D eigenvalue weighted by Crippen LogP contribution is -2.26. The van der Waals surface area contributed by atoms with Crippen molar-refractivity contribution in [3.8, 4) is 6.07 Å². The second kappa shape index (κ2) is 6.75. The van der Waals surface area contributed by atoms with Crippen molar-refractivity contribution in [1.29, 1.82) is 5.26 Å². The van der Waals surface area contributed by atoms with Crippen LogP contribution in [0.5, 0.6) is 0 Å². The van der Waals surface area contributed by atoms with Gasteiger partial charge in [0.15, 0.2) is 6.04 Å². The fraction of sp³-hybridized carbons (Fsp3) is 0.105. The molecule has 3 aromatic rings. The third kappa shape index (κ3) is 3.08. The third-order valence-corrected chi connectivity index (χ3v) is 3.56. The van der Waals surface area contributed by atoms with Gasteiger partial charge >= 0.3 is 0 Å². The Morgan fingerprint density at radius 1 is 0.818 bits per heavy atom. The van der Waals surface area contributed by atoms with Crippen LogP contribution in [0.2, 0.25) is 0 Å². The summed E-state index contributed by atoms with van der Waals surface area (Å²) in [7, 11) is 0. The molecule has 2 aromatic carbocycles. The molecule has 3 rings (SSSR count). The largest absolute Gasteiger partial charge is 0.467 e. The molecular formula is C19H16N2O. The average molecular weight is 288 g/mol. The molecule has 0 fully saturated rings. The van der Waals surface area contributed by atoms with Crippen LogP contribution in [0, 0.1) is 11.3 Å². The van der Waals surface area contributed by atoms with Crippen molar-refractivity contribution in [1.82, 2.24) is 5.32 Å². The summed E-state index contributed by atoms with van der Waals surface area (Å²) >= 11 is 0. The van der Waals surface area contributed by atoms with Crippen molar-refractivity contribution in [2.75, 3.05) is 0 Å². The number of hydrogen-bond donors (Lipinski definition) is 1. The lowest BCUT2D eigenvalue weighted by Gasteiger charge is -2.22. The van der Waals surface area contributed by atoms with E-state index in [0.29, 0.717) is 5.76 Å². The molecule has 0 radical (unpaired) electrons. The Bertz CT molecular complexity index is 691. The molecule has 1 atom stereocenters. The summed E-state index contributed by atoms with van der Waals surface area (Å²) in [6, 6.07) is 25.5. The van der Waals surface area contributed by atoms with E-state index in [0.717, 1.165) is 11.1 Å². The highest BCUT2D eigenvalue weighted by Crippen LogP contribution is 2.25. The third-order valence-electron chi connectivity index (χ3n) is 3.56. The molecule has 0 saturated heterocycles. The van der Waals surface area contributed by atoms with Crippen molar-refractivity contribution < 1.29 is 4.42 Å². The Labute approximate surface area is 129 Å². The van der Waals surface area contributed by atoms with Crippen LogP contribution in [0.25, 0.3) is 0 Å². The number of furan rings is 1. The molecule has 22 heavy (non-hydrogen) atoms. The van der Waals surface area contributed by atoms with Crippen LogP contribution in [0.3, 0.4) is 0 Å². The molecule has 1 heterocycles. The highest BCUT2D eigenvalue weighted by Gasteiger charge is 2.21. The first-order valence-electron chi connectivity index (χ1n) is 7.17. The Balaban J connectivity index is 1.94. The molecule has 0 amide bonds. The van der Waals surface area contributed by atoms with Crippen molar-refractivity contribution in [3.63, 3.8) is 0 Å². The zero-order valence-corrected chi connectivity index (χ0v) is 12.0. The van der Waals surface area contributed by atoms with Crippen molar-refractivity contribution in [3.05, 3.63) is 95.9 Å². The predicted octanol–water partition coefficient (Wildman–Crippen LogP) is 4.22. The second-order valence-corrected chi connectivity index (χ2v) is 5.00. The molecule has 0 spiro atoms. The van der Waals surface area contributed by atoms with Gasteiger partial charge in [0, 0.05) is 0 Å². The standard InChI is InChI=1S/C19H16N2O/c20-14-17(18-12-7-13-22-18)21-19(15-8-3-1-4-9-15)16-10-5-2-6-11-16/h1-13,17,19,21H/t17-/m1/s1. The minimum atomic E-state index is -0.500.